The summed E-state index contributed by atoms with van der Waals surface area (Å²) in [5, 5.41) is 10.1. The topological polar surface area (TPSA) is 126 Å². The highest BCUT2D eigenvalue weighted by Crippen LogP contribution is 2.32. The summed E-state index contributed by atoms with van der Waals surface area (Å²) >= 11 is 0. The van der Waals surface area contributed by atoms with E-state index >= 15 is 0 Å². The van der Waals surface area contributed by atoms with E-state index in [-0.39, 0.29) is 17.1 Å². The van der Waals surface area contributed by atoms with Gasteiger partial charge in [-0.15, -0.1) is 0 Å². The van der Waals surface area contributed by atoms with E-state index < -0.39 is 29.6 Å². The SMILES string of the molecule is CC(C)(C)NC(=O)C(c1cccnc1)N(C(=O)c1cnco1)c1ccc(C(C)(C)C)cc1.O=C(O)C(F)(F)F. The van der Waals surface area contributed by atoms with Crippen molar-refractivity contribution in [1.29, 1.82) is 0 Å². The summed E-state index contributed by atoms with van der Waals surface area (Å²) in [6, 6.07) is 10.2. The second-order valence-electron chi connectivity index (χ2n) is 10.6. The molecular weight excluding hydrogens is 517 g/mol. The number of carbonyl (C=O) groups is 3. The Labute approximate surface area is 224 Å². The number of aliphatic carboxylic acids is 1. The summed E-state index contributed by atoms with van der Waals surface area (Å²) in [7, 11) is 0. The predicted molar refractivity (Wildman–Crippen MR) is 137 cm³/mol. The Kier molecular flexibility index (Phi) is 9.61. The fraction of sp³-hybridized carbons (Fsp3) is 0.370. The third-order valence-electron chi connectivity index (χ3n) is 5.12. The minimum absolute atomic E-state index is 0.0438. The Bertz CT molecular complexity index is 1250. The lowest BCUT2D eigenvalue weighted by Gasteiger charge is -2.33. The average molecular weight is 549 g/mol. The first-order valence-electron chi connectivity index (χ1n) is 11.8. The van der Waals surface area contributed by atoms with E-state index in [0.29, 0.717) is 11.3 Å². The van der Waals surface area contributed by atoms with Crippen molar-refractivity contribution in [2.24, 2.45) is 0 Å². The molecule has 0 radical (unpaired) electrons. The molecule has 0 aliphatic heterocycles. The summed E-state index contributed by atoms with van der Waals surface area (Å²) in [6.45, 7) is 12.0. The minimum Gasteiger partial charge on any atom is -0.475 e. The summed E-state index contributed by atoms with van der Waals surface area (Å²) in [5.41, 5.74) is 1.73. The highest BCUT2D eigenvalue weighted by atomic mass is 19.4. The first-order chi connectivity index (χ1) is 17.9. The molecule has 0 aliphatic carbocycles. The molecule has 0 spiro atoms. The zero-order valence-corrected chi connectivity index (χ0v) is 22.4. The number of aromatic nitrogens is 2. The highest BCUT2D eigenvalue weighted by molar-refractivity contribution is 6.08. The lowest BCUT2D eigenvalue weighted by atomic mass is 9.87. The molecule has 210 valence electrons. The van der Waals surface area contributed by atoms with Crippen molar-refractivity contribution < 1.29 is 37.1 Å². The van der Waals surface area contributed by atoms with E-state index in [2.05, 4.69) is 36.1 Å². The van der Waals surface area contributed by atoms with Gasteiger partial charge in [-0.2, -0.15) is 13.2 Å². The molecule has 1 aromatic carbocycles. The van der Waals surface area contributed by atoms with Gasteiger partial charge in [-0.1, -0.05) is 39.0 Å². The lowest BCUT2D eigenvalue weighted by Crippen LogP contribution is -2.49. The van der Waals surface area contributed by atoms with Gasteiger partial charge in [0.15, 0.2) is 6.39 Å². The molecule has 12 heteroatoms. The van der Waals surface area contributed by atoms with Gasteiger partial charge in [0.25, 0.3) is 5.91 Å². The smallest absolute Gasteiger partial charge is 0.475 e. The van der Waals surface area contributed by atoms with Crippen LogP contribution in [0.1, 0.15) is 69.3 Å². The molecular formula is C27H31F3N4O5. The van der Waals surface area contributed by atoms with Gasteiger partial charge in [-0.3, -0.25) is 19.5 Å². The van der Waals surface area contributed by atoms with E-state index in [9.17, 15) is 22.8 Å². The monoisotopic (exact) mass is 548 g/mol. The second kappa shape index (κ2) is 12.1. The number of hydrogen-bond acceptors (Lipinski definition) is 6. The number of nitrogens with zero attached hydrogens (tertiary/aromatic N) is 3. The van der Waals surface area contributed by atoms with Crippen LogP contribution >= 0.6 is 0 Å². The number of anilines is 1. The molecule has 39 heavy (non-hydrogen) atoms. The van der Waals surface area contributed by atoms with Crippen molar-refractivity contribution >= 4 is 23.5 Å². The molecule has 0 saturated heterocycles. The molecule has 0 fully saturated rings. The number of carboxylic acids is 1. The van der Waals surface area contributed by atoms with Crippen LogP contribution in [0.2, 0.25) is 0 Å². The normalized spacial score (nSPS) is 12.5. The summed E-state index contributed by atoms with van der Waals surface area (Å²) in [4.78, 5) is 45.4. The van der Waals surface area contributed by atoms with Crippen LogP contribution in [0.15, 0.2) is 65.8 Å². The van der Waals surface area contributed by atoms with E-state index in [1.54, 1.807) is 24.5 Å². The lowest BCUT2D eigenvalue weighted by molar-refractivity contribution is -0.192. The zero-order valence-electron chi connectivity index (χ0n) is 22.4. The van der Waals surface area contributed by atoms with E-state index in [1.165, 1.54) is 17.5 Å². The van der Waals surface area contributed by atoms with Gasteiger partial charge in [0.2, 0.25) is 11.7 Å². The molecule has 3 aromatic rings. The fourth-order valence-electron chi connectivity index (χ4n) is 3.34. The number of oxazole rings is 1. The van der Waals surface area contributed by atoms with Gasteiger partial charge in [-0.25, -0.2) is 9.78 Å². The number of hydrogen-bond donors (Lipinski definition) is 2. The number of carboxylic acid groups (broad SMARTS) is 1. The van der Waals surface area contributed by atoms with Crippen LogP contribution in [0.5, 0.6) is 0 Å². The van der Waals surface area contributed by atoms with Crippen LogP contribution in [0.3, 0.4) is 0 Å². The molecule has 0 saturated carbocycles. The molecule has 2 heterocycles. The maximum atomic E-state index is 13.6. The summed E-state index contributed by atoms with van der Waals surface area (Å²) < 4.78 is 37.0. The third-order valence-corrected chi connectivity index (χ3v) is 5.12. The van der Waals surface area contributed by atoms with E-state index in [4.69, 9.17) is 14.3 Å². The van der Waals surface area contributed by atoms with E-state index in [1.807, 2.05) is 45.0 Å². The quantitative estimate of drug-likeness (QED) is 0.443. The highest BCUT2D eigenvalue weighted by Gasteiger charge is 2.38. The van der Waals surface area contributed by atoms with Crippen molar-refractivity contribution in [3.05, 3.63) is 78.3 Å². The van der Waals surface area contributed by atoms with Gasteiger partial charge < -0.3 is 14.8 Å². The number of rotatable bonds is 5. The molecule has 1 unspecified atom stereocenters. The van der Waals surface area contributed by atoms with Gasteiger partial charge in [-0.05, 0) is 49.9 Å². The van der Waals surface area contributed by atoms with Crippen molar-refractivity contribution in [1.82, 2.24) is 15.3 Å². The minimum atomic E-state index is -5.08. The standard InChI is InChI=1S/C25H30N4O3.C2HF3O2/c1-24(2,3)18-9-11-19(12-10-18)29(23(31)20-15-27-16-32-20)21(17-8-7-13-26-14-17)22(30)28-25(4,5)6;3-2(4,5)1(6)7/h7-16,21H,1-6H3,(H,28,30);(H,6,7). The number of halogens is 3. The van der Waals surface area contributed by atoms with E-state index in [0.717, 1.165) is 5.56 Å². The Morgan fingerprint density at radius 2 is 1.54 bits per heavy atom. The molecule has 0 aliphatic rings. The number of amides is 2. The van der Waals surface area contributed by atoms with Gasteiger partial charge in [0.1, 0.15) is 6.04 Å². The maximum absolute atomic E-state index is 13.6. The third kappa shape index (κ3) is 8.94. The predicted octanol–water partition coefficient (Wildman–Crippen LogP) is 5.30. The van der Waals surface area contributed by atoms with Gasteiger partial charge in [0.05, 0.1) is 6.20 Å². The number of alkyl halides is 3. The number of carbonyl (C=O) groups excluding carboxylic acids is 2. The number of benzene rings is 1. The van der Waals surface area contributed by atoms with Gasteiger partial charge >= 0.3 is 12.1 Å². The number of pyridine rings is 1. The largest absolute Gasteiger partial charge is 0.490 e. The first kappa shape index (κ1) is 31.0. The van der Waals surface area contributed by atoms with Crippen LogP contribution < -0.4 is 10.2 Å². The van der Waals surface area contributed by atoms with Crippen LogP contribution in [-0.4, -0.2) is 44.6 Å². The Balaban J connectivity index is 0.000000673. The molecule has 9 nitrogen and oxygen atoms in total. The van der Waals surface area contributed by atoms with Crippen molar-refractivity contribution in [2.75, 3.05) is 4.90 Å². The van der Waals surface area contributed by atoms with Crippen LogP contribution in [0, 0.1) is 0 Å². The summed E-state index contributed by atoms with van der Waals surface area (Å²) in [5.74, 6) is -3.50. The second-order valence-corrected chi connectivity index (χ2v) is 10.6. The Hall–Kier alpha value is -4.22. The molecule has 2 aromatic heterocycles. The van der Waals surface area contributed by atoms with Gasteiger partial charge in [0, 0.05) is 29.2 Å². The average Bonchev–Trinajstić information content (AvgIpc) is 3.36. The maximum Gasteiger partial charge on any atom is 0.490 e. The first-order valence-corrected chi connectivity index (χ1v) is 11.8. The molecule has 2 N–H and O–H groups in total. The van der Waals surface area contributed by atoms with Crippen molar-refractivity contribution in [3.63, 3.8) is 0 Å². The van der Waals surface area contributed by atoms with Crippen LogP contribution in [0.4, 0.5) is 18.9 Å². The summed E-state index contributed by atoms with van der Waals surface area (Å²) in [6.07, 6.45) is 0.684. The van der Waals surface area contributed by atoms with Crippen LogP contribution in [-0.2, 0) is 15.0 Å². The van der Waals surface area contributed by atoms with Crippen molar-refractivity contribution in [3.8, 4) is 0 Å². The molecule has 1 atom stereocenters. The van der Waals surface area contributed by atoms with Crippen molar-refractivity contribution in [2.45, 2.75) is 64.7 Å². The number of nitrogens with one attached hydrogen (secondary N) is 1. The fourth-order valence-corrected chi connectivity index (χ4v) is 3.34. The van der Waals surface area contributed by atoms with Crippen LogP contribution in [0.25, 0.3) is 0 Å². The Morgan fingerprint density at radius 1 is 0.949 bits per heavy atom. The molecule has 3 rings (SSSR count). The molecule has 2 amide bonds. The zero-order chi connectivity index (χ0) is 29.6. The Morgan fingerprint density at radius 3 is 1.95 bits per heavy atom. The molecule has 0 bridgehead atoms.